The molecular weight excluding hydrogens is 444 g/mol. The Morgan fingerprint density at radius 3 is 2.69 bits per heavy atom. The Bertz CT molecular complexity index is 1340. The van der Waals surface area contributed by atoms with E-state index in [1.54, 1.807) is 10.9 Å². The molecule has 1 amide bonds. The number of nitrogens with one attached hydrogen (secondary N) is 1. The molecule has 0 unspecified atom stereocenters. The summed E-state index contributed by atoms with van der Waals surface area (Å²) in [6, 6.07) is 21.5. The number of likely N-dealkylation sites (tertiary alicyclic amines) is 1. The van der Waals surface area contributed by atoms with Gasteiger partial charge in [0.1, 0.15) is 0 Å². The zero-order valence-electron chi connectivity index (χ0n) is 19.4. The van der Waals surface area contributed by atoms with Gasteiger partial charge in [-0.1, -0.05) is 59.8 Å². The first-order chi connectivity index (χ1) is 17.1. The van der Waals surface area contributed by atoms with Crippen molar-refractivity contribution in [1.82, 2.24) is 30.2 Å². The molecule has 0 bridgehead atoms. The molecule has 5 rings (SSSR count). The summed E-state index contributed by atoms with van der Waals surface area (Å²) in [5.74, 6) is -0.598. The fraction of sp³-hybridized carbons (Fsp3) is 0.269. The molecule has 2 aromatic carbocycles. The predicted octanol–water partition coefficient (Wildman–Crippen LogP) is 2.74. The van der Waals surface area contributed by atoms with E-state index in [9.17, 15) is 9.59 Å². The highest BCUT2D eigenvalue weighted by Crippen LogP contribution is 2.29. The van der Waals surface area contributed by atoms with Gasteiger partial charge in [-0.05, 0) is 24.1 Å². The number of carbonyl (C=O) groups excluding carboxylic acids is 2. The standard InChI is InChI=1S/C26H26N6O3/c1-35-26(34)23-17-32(30-29-23)21-13-24(31(16-21)15-18-7-3-2-4-8-18)25(33)27-14-20-12-11-19-9-5-6-10-22(19)28-20/h2-12,17,21,24H,13-16H2,1H3,(H,27,33)/t21-,24+/m1/s1. The lowest BCUT2D eigenvalue weighted by Gasteiger charge is -2.23. The molecule has 2 atom stereocenters. The van der Waals surface area contributed by atoms with Gasteiger partial charge in [-0.2, -0.15) is 0 Å². The minimum Gasteiger partial charge on any atom is -0.464 e. The van der Waals surface area contributed by atoms with Crippen LogP contribution >= 0.6 is 0 Å². The fourth-order valence-electron chi connectivity index (χ4n) is 4.49. The van der Waals surface area contributed by atoms with Crippen LogP contribution in [0.5, 0.6) is 0 Å². The summed E-state index contributed by atoms with van der Waals surface area (Å²) in [5.41, 5.74) is 2.98. The van der Waals surface area contributed by atoms with E-state index in [0.717, 1.165) is 22.2 Å². The third-order valence-electron chi connectivity index (χ3n) is 6.29. The van der Waals surface area contributed by atoms with Gasteiger partial charge in [0.2, 0.25) is 5.91 Å². The topological polar surface area (TPSA) is 102 Å². The number of esters is 1. The van der Waals surface area contributed by atoms with E-state index < -0.39 is 5.97 Å². The number of carbonyl (C=O) groups is 2. The molecular formula is C26H26N6O3. The highest BCUT2D eigenvalue weighted by atomic mass is 16.5. The van der Waals surface area contributed by atoms with Crippen molar-refractivity contribution in [3.63, 3.8) is 0 Å². The lowest BCUT2D eigenvalue weighted by atomic mass is 10.1. The Balaban J connectivity index is 1.31. The van der Waals surface area contributed by atoms with E-state index in [-0.39, 0.29) is 23.7 Å². The molecule has 4 aromatic rings. The minimum atomic E-state index is -0.535. The molecule has 0 saturated carbocycles. The summed E-state index contributed by atoms with van der Waals surface area (Å²) in [4.78, 5) is 31.9. The van der Waals surface area contributed by atoms with Crippen LogP contribution in [0.1, 0.15) is 34.2 Å². The molecule has 0 radical (unpaired) electrons. The van der Waals surface area contributed by atoms with Crippen LogP contribution in [0.4, 0.5) is 0 Å². The van der Waals surface area contributed by atoms with E-state index >= 15 is 0 Å². The van der Waals surface area contributed by atoms with Crippen molar-refractivity contribution < 1.29 is 14.3 Å². The van der Waals surface area contributed by atoms with Gasteiger partial charge in [-0.3, -0.25) is 14.7 Å². The first-order valence-electron chi connectivity index (χ1n) is 11.5. The molecule has 3 heterocycles. The number of benzene rings is 2. The number of methoxy groups -OCH3 is 1. The Kier molecular flexibility index (Phi) is 6.49. The lowest BCUT2D eigenvalue weighted by molar-refractivity contribution is -0.125. The molecule has 1 aliphatic rings. The zero-order valence-corrected chi connectivity index (χ0v) is 19.4. The van der Waals surface area contributed by atoms with E-state index in [0.29, 0.717) is 26.1 Å². The molecule has 2 aromatic heterocycles. The predicted molar refractivity (Wildman–Crippen MR) is 129 cm³/mol. The maximum Gasteiger partial charge on any atom is 0.360 e. The Hall–Kier alpha value is -4.11. The maximum absolute atomic E-state index is 13.3. The van der Waals surface area contributed by atoms with E-state index in [1.807, 2.05) is 66.7 Å². The Labute approximate surface area is 202 Å². The smallest absolute Gasteiger partial charge is 0.360 e. The van der Waals surface area contributed by atoms with Gasteiger partial charge in [-0.25, -0.2) is 9.48 Å². The highest BCUT2D eigenvalue weighted by molar-refractivity contribution is 5.86. The largest absolute Gasteiger partial charge is 0.464 e. The molecule has 9 nitrogen and oxygen atoms in total. The number of pyridine rings is 1. The van der Waals surface area contributed by atoms with Gasteiger partial charge < -0.3 is 10.1 Å². The van der Waals surface area contributed by atoms with Crippen molar-refractivity contribution in [2.45, 2.75) is 31.6 Å². The SMILES string of the molecule is COC(=O)c1cn([C@@H]2C[C@@H](C(=O)NCc3ccc4ccccc4n3)N(Cc3ccccc3)C2)nn1. The van der Waals surface area contributed by atoms with Crippen molar-refractivity contribution in [1.29, 1.82) is 0 Å². The zero-order chi connectivity index (χ0) is 24.2. The first-order valence-corrected chi connectivity index (χ1v) is 11.5. The van der Waals surface area contributed by atoms with Crippen LogP contribution in [0.25, 0.3) is 10.9 Å². The number of amides is 1. The van der Waals surface area contributed by atoms with Gasteiger partial charge in [-0.15, -0.1) is 5.10 Å². The van der Waals surface area contributed by atoms with Crippen molar-refractivity contribution in [2.24, 2.45) is 0 Å². The summed E-state index contributed by atoms with van der Waals surface area (Å²) in [6.45, 7) is 1.58. The minimum absolute atomic E-state index is 0.0632. The number of fused-ring (bicyclic) bond motifs is 1. The third kappa shape index (κ3) is 5.04. The molecule has 1 N–H and O–H groups in total. The normalized spacial score (nSPS) is 18.0. The second-order valence-corrected chi connectivity index (χ2v) is 8.61. The number of para-hydroxylation sites is 1. The summed E-state index contributed by atoms with van der Waals surface area (Å²) in [7, 11) is 1.31. The van der Waals surface area contributed by atoms with E-state index in [1.165, 1.54) is 7.11 Å². The van der Waals surface area contributed by atoms with Gasteiger partial charge in [0.05, 0.1) is 43.1 Å². The highest BCUT2D eigenvalue weighted by Gasteiger charge is 2.38. The molecule has 1 fully saturated rings. The van der Waals surface area contributed by atoms with Crippen molar-refractivity contribution >= 4 is 22.8 Å². The number of ether oxygens (including phenoxy) is 1. The Morgan fingerprint density at radius 2 is 1.86 bits per heavy atom. The second kappa shape index (κ2) is 10.0. The van der Waals surface area contributed by atoms with Gasteiger partial charge in [0, 0.05) is 18.5 Å². The number of aromatic nitrogens is 4. The summed E-state index contributed by atoms with van der Waals surface area (Å²) in [6.07, 6.45) is 2.13. The van der Waals surface area contributed by atoms with Crippen LogP contribution < -0.4 is 5.32 Å². The summed E-state index contributed by atoms with van der Waals surface area (Å²) in [5, 5.41) is 12.2. The summed E-state index contributed by atoms with van der Waals surface area (Å²) >= 11 is 0. The van der Waals surface area contributed by atoms with Gasteiger partial charge in [0.25, 0.3) is 0 Å². The molecule has 35 heavy (non-hydrogen) atoms. The molecule has 1 aliphatic heterocycles. The molecule has 178 valence electrons. The quantitative estimate of drug-likeness (QED) is 0.414. The van der Waals surface area contributed by atoms with Crippen LogP contribution in [0.2, 0.25) is 0 Å². The van der Waals surface area contributed by atoms with Crippen LogP contribution in [0.15, 0.2) is 72.9 Å². The van der Waals surface area contributed by atoms with Crippen molar-refractivity contribution in [3.05, 3.63) is 89.9 Å². The number of nitrogens with zero attached hydrogens (tertiary/aromatic N) is 5. The van der Waals surface area contributed by atoms with E-state index in [4.69, 9.17) is 4.74 Å². The van der Waals surface area contributed by atoms with Gasteiger partial charge >= 0.3 is 5.97 Å². The third-order valence-corrected chi connectivity index (χ3v) is 6.29. The van der Waals surface area contributed by atoms with Crippen molar-refractivity contribution in [2.75, 3.05) is 13.7 Å². The molecule has 0 spiro atoms. The maximum atomic E-state index is 13.3. The van der Waals surface area contributed by atoms with E-state index in [2.05, 4.69) is 25.5 Å². The average molecular weight is 471 g/mol. The second-order valence-electron chi connectivity index (χ2n) is 8.61. The molecule has 0 aliphatic carbocycles. The summed E-state index contributed by atoms with van der Waals surface area (Å²) < 4.78 is 6.39. The lowest BCUT2D eigenvalue weighted by Crippen LogP contribution is -2.42. The fourth-order valence-corrected chi connectivity index (χ4v) is 4.49. The van der Waals surface area contributed by atoms with Crippen LogP contribution in [-0.4, -0.2) is 56.5 Å². The van der Waals surface area contributed by atoms with Crippen LogP contribution in [0.3, 0.4) is 0 Å². The van der Waals surface area contributed by atoms with Gasteiger partial charge in [0.15, 0.2) is 5.69 Å². The number of rotatable bonds is 7. The molecule has 1 saturated heterocycles. The van der Waals surface area contributed by atoms with Crippen molar-refractivity contribution in [3.8, 4) is 0 Å². The number of hydrogen-bond donors (Lipinski definition) is 1. The Morgan fingerprint density at radius 1 is 1.06 bits per heavy atom. The first kappa shape index (κ1) is 22.7. The monoisotopic (exact) mass is 470 g/mol. The van der Waals surface area contributed by atoms with Crippen LogP contribution in [-0.2, 0) is 22.6 Å². The van der Waals surface area contributed by atoms with Crippen LogP contribution in [0, 0.1) is 0 Å². The average Bonchev–Trinajstić information content (AvgIpc) is 3.55. The molecule has 9 heteroatoms. The number of hydrogen-bond acceptors (Lipinski definition) is 7.